The molecule has 3 heterocycles. The number of ether oxygens (including phenoxy) is 1. The van der Waals surface area contributed by atoms with Gasteiger partial charge in [0.25, 0.3) is 5.91 Å². The number of rotatable bonds is 5. The number of carbonyl (C=O) groups is 1. The fourth-order valence-corrected chi connectivity index (χ4v) is 2.37. The van der Waals surface area contributed by atoms with E-state index in [1.807, 2.05) is 5.32 Å². The van der Waals surface area contributed by atoms with Crippen molar-refractivity contribution in [3.8, 4) is 17.1 Å². The Morgan fingerprint density at radius 3 is 2.92 bits per heavy atom. The van der Waals surface area contributed by atoms with E-state index in [9.17, 15) is 4.79 Å². The number of aromatic nitrogens is 6. The third kappa shape index (κ3) is 3.40. The van der Waals surface area contributed by atoms with Crippen molar-refractivity contribution in [2.45, 2.75) is 0 Å². The molecule has 3 rings (SSSR count). The number of carbonyl (C=O) groups excluding carboxylic acids is 1. The second kappa shape index (κ2) is 7.31. The van der Waals surface area contributed by atoms with Crippen LogP contribution in [0.5, 0.6) is 5.75 Å². The molecule has 26 heavy (non-hydrogen) atoms. The van der Waals surface area contributed by atoms with E-state index in [4.69, 9.17) is 20.5 Å². The van der Waals surface area contributed by atoms with Gasteiger partial charge in [-0.1, -0.05) is 11.6 Å². The molecule has 0 aromatic carbocycles. The number of nitrogens with zero attached hydrogens (tertiary/aromatic N) is 6. The largest absolute Gasteiger partial charge is 0.492 e. The van der Waals surface area contributed by atoms with Crippen molar-refractivity contribution in [3.63, 3.8) is 0 Å². The topological polar surface area (TPSA) is 120 Å². The lowest BCUT2D eigenvalue weighted by molar-refractivity contribution is 0.0958. The van der Waals surface area contributed by atoms with E-state index in [1.165, 1.54) is 30.4 Å². The number of halogens is 1. The van der Waals surface area contributed by atoms with E-state index in [2.05, 4.69) is 30.7 Å². The lowest BCUT2D eigenvalue weighted by Crippen LogP contribution is -2.21. The van der Waals surface area contributed by atoms with E-state index >= 15 is 0 Å². The summed E-state index contributed by atoms with van der Waals surface area (Å²) in [7, 11) is 3.11. The Morgan fingerprint density at radius 2 is 2.23 bits per heavy atom. The number of nitrogens with one attached hydrogen (secondary N) is 2. The summed E-state index contributed by atoms with van der Waals surface area (Å²) in [6.07, 6.45) is 3.03. The number of methoxy groups -OCH3 is 1. The van der Waals surface area contributed by atoms with Crippen LogP contribution < -0.4 is 15.4 Å². The van der Waals surface area contributed by atoms with E-state index in [1.54, 1.807) is 13.1 Å². The summed E-state index contributed by atoms with van der Waals surface area (Å²) in [5, 5.41) is 20.4. The van der Waals surface area contributed by atoms with Gasteiger partial charge in [-0.25, -0.2) is 0 Å². The molecule has 0 bridgehead atoms. The molecule has 11 heteroatoms. The van der Waals surface area contributed by atoms with Crippen molar-refractivity contribution in [1.82, 2.24) is 35.5 Å². The van der Waals surface area contributed by atoms with Crippen LogP contribution in [0.1, 0.15) is 14.6 Å². The van der Waals surface area contributed by atoms with Crippen LogP contribution in [0, 0.1) is 0 Å². The van der Waals surface area contributed by atoms with Crippen LogP contribution in [-0.4, -0.2) is 50.2 Å². The molecule has 0 unspecified atom stereocenters. The van der Waals surface area contributed by atoms with Gasteiger partial charge < -0.3 is 15.4 Å². The molecule has 10 nitrogen and oxygen atoms in total. The highest BCUT2D eigenvalue weighted by molar-refractivity contribution is 6.29. The summed E-state index contributed by atoms with van der Waals surface area (Å²) in [6, 6.07) is 2.93. The van der Waals surface area contributed by atoms with Crippen LogP contribution in [-0.2, 0) is 7.05 Å². The van der Waals surface area contributed by atoms with Crippen LogP contribution in [0.3, 0.4) is 0 Å². The third-order valence-electron chi connectivity index (χ3n) is 3.31. The zero-order valence-electron chi connectivity index (χ0n) is 16.7. The first-order valence-electron chi connectivity index (χ1n) is 8.70. The van der Waals surface area contributed by atoms with Gasteiger partial charge in [-0.3, -0.25) is 9.78 Å². The number of anilines is 2. The first kappa shape index (κ1) is 14.0. The normalized spacial score (nSPS) is 12.7. The number of amides is 1. The quantitative estimate of drug-likeness (QED) is 0.685. The smallest absolute Gasteiger partial charge is 0.273 e. The van der Waals surface area contributed by atoms with Crippen LogP contribution in [0.15, 0.2) is 24.5 Å². The molecule has 134 valence electrons. The third-order valence-corrected chi connectivity index (χ3v) is 3.50. The first-order chi connectivity index (χ1) is 13.7. The summed E-state index contributed by atoms with van der Waals surface area (Å²) >= 11 is 5.90. The molecule has 0 spiro atoms. The van der Waals surface area contributed by atoms with Crippen molar-refractivity contribution >= 4 is 28.9 Å². The van der Waals surface area contributed by atoms with Gasteiger partial charge in [0, 0.05) is 30.4 Å². The summed E-state index contributed by atoms with van der Waals surface area (Å²) in [5.74, 6) is -0.623. The maximum absolute atomic E-state index is 12.3. The van der Waals surface area contributed by atoms with Gasteiger partial charge in [-0.2, -0.15) is 15.0 Å². The van der Waals surface area contributed by atoms with Crippen LogP contribution in [0.4, 0.5) is 11.4 Å². The molecule has 0 fully saturated rings. The SMILES string of the molecule is [2H]C([2H])([2H])NC(=O)c1nnc(Cl)cc1Nc1ccnc(-c2cnn(C)n2)c1OC. The zero-order valence-corrected chi connectivity index (χ0v) is 14.4. The molecule has 1 amide bonds. The number of aryl methyl sites for hydroxylation is 1. The molecule has 0 aliphatic rings. The molecule has 0 aliphatic heterocycles. The second-order valence-electron chi connectivity index (χ2n) is 4.97. The predicted molar refractivity (Wildman–Crippen MR) is 94.5 cm³/mol. The highest BCUT2D eigenvalue weighted by Crippen LogP contribution is 2.35. The fourth-order valence-electron chi connectivity index (χ4n) is 2.23. The summed E-state index contributed by atoms with van der Waals surface area (Å²) in [4.78, 5) is 18.0. The summed E-state index contributed by atoms with van der Waals surface area (Å²) in [5.41, 5.74) is 1.16. The van der Waals surface area contributed by atoms with Crippen LogP contribution in [0.25, 0.3) is 11.4 Å². The standard InChI is InChI=1S/C15H15ClN8O2/c1-17-15(25)13-9(6-11(16)21-22-13)20-8-4-5-18-12(14(8)26-3)10-7-19-24(2)23-10/h4-7H,1-3H3,(H,17,25)(H,18,20,21)/i1D3. The van der Waals surface area contributed by atoms with E-state index in [0.717, 1.165) is 0 Å². The van der Waals surface area contributed by atoms with Gasteiger partial charge in [0.2, 0.25) is 0 Å². The molecule has 0 saturated carbocycles. The molecule has 3 aromatic rings. The number of hydrogen-bond donors (Lipinski definition) is 2. The van der Waals surface area contributed by atoms with Crippen molar-refractivity contribution in [2.75, 3.05) is 19.4 Å². The summed E-state index contributed by atoms with van der Waals surface area (Å²) < 4.78 is 27.1. The Hall–Kier alpha value is -3.27. The second-order valence-corrected chi connectivity index (χ2v) is 5.36. The minimum Gasteiger partial charge on any atom is -0.492 e. The van der Waals surface area contributed by atoms with Crippen LogP contribution >= 0.6 is 11.6 Å². The highest BCUT2D eigenvalue weighted by atomic mass is 35.5. The average Bonchev–Trinajstić information content (AvgIpc) is 3.06. The first-order valence-corrected chi connectivity index (χ1v) is 7.58. The molecular formula is C15H15ClN8O2. The van der Waals surface area contributed by atoms with Gasteiger partial charge in [0.05, 0.1) is 24.7 Å². The van der Waals surface area contributed by atoms with E-state index in [0.29, 0.717) is 22.8 Å². The Balaban J connectivity index is 2.02. The van der Waals surface area contributed by atoms with Crippen molar-refractivity contribution in [2.24, 2.45) is 7.05 Å². The predicted octanol–water partition coefficient (Wildman–Crippen LogP) is 1.43. The van der Waals surface area contributed by atoms with Gasteiger partial charge in [0.1, 0.15) is 11.4 Å². The van der Waals surface area contributed by atoms with Crippen LogP contribution in [0.2, 0.25) is 5.15 Å². The Kier molecular flexibility index (Phi) is 3.93. The molecule has 0 radical (unpaired) electrons. The minimum absolute atomic E-state index is 0.0000983. The van der Waals surface area contributed by atoms with Gasteiger partial charge in [-0.15, -0.1) is 10.2 Å². The molecule has 2 N–H and O–H groups in total. The van der Waals surface area contributed by atoms with Gasteiger partial charge in [0.15, 0.2) is 16.6 Å². The minimum atomic E-state index is -2.69. The van der Waals surface area contributed by atoms with E-state index in [-0.39, 0.29) is 16.5 Å². The van der Waals surface area contributed by atoms with E-state index < -0.39 is 12.9 Å². The average molecular weight is 378 g/mol. The molecular weight excluding hydrogens is 360 g/mol. The number of hydrogen-bond acceptors (Lipinski definition) is 8. The Morgan fingerprint density at radius 1 is 1.38 bits per heavy atom. The Labute approximate surface area is 157 Å². The molecule has 0 saturated heterocycles. The monoisotopic (exact) mass is 377 g/mol. The lowest BCUT2D eigenvalue weighted by Gasteiger charge is -2.14. The van der Waals surface area contributed by atoms with Crippen molar-refractivity contribution in [3.05, 3.63) is 35.4 Å². The van der Waals surface area contributed by atoms with Crippen molar-refractivity contribution in [1.29, 1.82) is 0 Å². The maximum Gasteiger partial charge on any atom is 0.273 e. The maximum atomic E-state index is 12.3. The van der Waals surface area contributed by atoms with Gasteiger partial charge in [-0.05, 0) is 6.07 Å². The van der Waals surface area contributed by atoms with Gasteiger partial charge >= 0.3 is 0 Å². The highest BCUT2D eigenvalue weighted by Gasteiger charge is 2.19. The Bertz CT molecular complexity index is 1060. The lowest BCUT2D eigenvalue weighted by atomic mass is 10.2. The number of pyridine rings is 1. The fraction of sp³-hybridized carbons (Fsp3) is 0.200. The zero-order chi connectivity index (χ0) is 21.2. The van der Waals surface area contributed by atoms with Crippen molar-refractivity contribution < 1.29 is 13.6 Å². The summed E-state index contributed by atoms with van der Waals surface area (Å²) in [6.45, 7) is -2.69. The molecule has 0 atom stereocenters. The molecule has 3 aromatic heterocycles. The molecule has 0 aliphatic carbocycles.